The smallest absolute Gasteiger partial charge is 0.142 e. The van der Waals surface area contributed by atoms with Gasteiger partial charge in [0, 0.05) is 17.4 Å². The number of rotatable bonds is 6. The van der Waals surface area contributed by atoms with Gasteiger partial charge in [0.15, 0.2) is 0 Å². The number of hydrogen-bond acceptors (Lipinski definition) is 4. The Morgan fingerprint density at radius 3 is 2.59 bits per heavy atom. The number of para-hydroxylation sites is 2. The molecule has 0 saturated heterocycles. The van der Waals surface area contributed by atoms with Crippen molar-refractivity contribution in [3.63, 3.8) is 0 Å². The van der Waals surface area contributed by atoms with Crippen LogP contribution in [0.5, 0.6) is 5.75 Å². The number of aryl methyl sites for hydroxylation is 1. The van der Waals surface area contributed by atoms with Gasteiger partial charge in [-0.25, -0.2) is 4.98 Å². The summed E-state index contributed by atoms with van der Waals surface area (Å²) in [7, 11) is 0. The van der Waals surface area contributed by atoms with Crippen LogP contribution in [0.25, 0.3) is 11.3 Å². The summed E-state index contributed by atoms with van der Waals surface area (Å²) in [5, 5.41) is 3.25. The van der Waals surface area contributed by atoms with E-state index in [9.17, 15) is 0 Å². The Hall–Kier alpha value is -2.33. The lowest BCUT2D eigenvalue weighted by Gasteiger charge is -2.07. The minimum Gasteiger partial charge on any atom is -0.491 e. The summed E-state index contributed by atoms with van der Waals surface area (Å²) in [6, 6.07) is 17.8. The van der Waals surface area contributed by atoms with E-state index in [0.717, 1.165) is 29.3 Å². The van der Waals surface area contributed by atoms with Gasteiger partial charge < -0.3 is 10.5 Å². The lowest BCUT2D eigenvalue weighted by Crippen LogP contribution is -2.01. The van der Waals surface area contributed by atoms with Crippen LogP contribution >= 0.6 is 11.3 Å². The quantitative estimate of drug-likeness (QED) is 0.542. The highest BCUT2D eigenvalue weighted by Gasteiger charge is 2.04. The molecule has 0 fully saturated rings. The van der Waals surface area contributed by atoms with Crippen LogP contribution in [0.3, 0.4) is 0 Å². The molecule has 3 rings (SSSR count). The van der Waals surface area contributed by atoms with E-state index in [-0.39, 0.29) is 0 Å². The zero-order valence-corrected chi connectivity index (χ0v) is 13.1. The molecular weight excluding hydrogens is 292 g/mol. The highest BCUT2D eigenvalue weighted by atomic mass is 32.1. The molecule has 4 heteroatoms. The molecule has 2 aromatic carbocycles. The maximum atomic E-state index is 5.85. The summed E-state index contributed by atoms with van der Waals surface area (Å²) in [5.74, 6) is 0.756. The van der Waals surface area contributed by atoms with Crippen LogP contribution in [0.4, 0.5) is 5.69 Å². The van der Waals surface area contributed by atoms with Gasteiger partial charge in [0.1, 0.15) is 5.75 Å². The maximum absolute atomic E-state index is 5.85. The summed E-state index contributed by atoms with van der Waals surface area (Å²) in [6.07, 6.45) is 1.85. The second-order valence-corrected chi connectivity index (χ2v) is 5.93. The van der Waals surface area contributed by atoms with Crippen LogP contribution in [-0.4, -0.2) is 11.6 Å². The number of thiazole rings is 1. The Kier molecular flexibility index (Phi) is 4.71. The van der Waals surface area contributed by atoms with Gasteiger partial charge >= 0.3 is 0 Å². The number of anilines is 1. The number of nitrogens with zero attached hydrogens (tertiary/aromatic N) is 1. The maximum Gasteiger partial charge on any atom is 0.142 e. The van der Waals surface area contributed by atoms with Gasteiger partial charge in [0.2, 0.25) is 0 Å². The fraction of sp³-hybridized carbons (Fsp3) is 0.167. The number of nitrogen functional groups attached to an aromatic ring is 1. The average Bonchev–Trinajstić information content (AvgIpc) is 3.03. The monoisotopic (exact) mass is 310 g/mol. The van der Waals surface area contributed by atoms with E-state index in [1.807, 2.05) is 42.5 Å². The van der Waals surface area contributed by atoms with Crippen molar-refractivity contribution in [1.29, 1.82) is 0 Å². The van der Waals surface area contributed by atoms with Gasteiger partial charge in [-0.3, -0.25) is 0 Å². The van der Waals surface area contributed by atoms with Crippen molar-refractivity contribution in [3.05, 3.63) is 65.0 Å². The second-order valence-electron chi connectivity index (χ2n) is 4.98. The van der Waals surface area contributed by atoms with E-state index in [1.54, 1.807) is 11.3 Å². The number of hydrogen-bond donors (Lipinski definition) is 1. The van der Waals surface area contributed by atoms with Crippen LogP contribution in [0.1, 0.15) is 11.4 Å². The SMILES string of the molecule is Nc1ccccc1OCCCc1nc(-c2ccccc2)cs1. The van der Waals surface area contributed by atoms with Crippen LogP contribution < -0.4 is 10.5 Å². The molecule has 1 heterocycles. The molecule has 0 radical (unpaired) electrons. The minimum absolute atomic E-state index is 0.647. The van der Waals surface area contributed by atoms with Crippen molar-refractivity contribution >= 4 is 17.0 Å². The largest absolute Gasteiger partial charge is 0.491 e. The van der Waals surface area contributed by atoms with Crippen molar-refractivity contribution < 1.29 is 4.74 Å². The van der Waals surface area contributed by atoms with Crippen molar-refractivity contribution in [2.24, 2.45) is 0 Å². The Balaban J connectivity index is 1.51. The van der Waals surface area contributed by atoms with E-state index in [4.69, 9.17) is 10.5 Å². The predicted octanol–water partition coefficient (Wildman–Crippen LogP) is 4.40. The molecule has 3 aromatic rings. The van der Waals surface area contributed by atoms with Crippen LogP contribution in [0.2, 0.25) is 0 Å². The molecule has 1 aromatic heterocycles. The topological polar surface area (TPSA) is 48.1 Å². The molecule has 0 aliphatic rings. The second kappa shape index (κ2) is 7.09. The number of aromatic nitrogens is 1. The molecule has 22 heavy (non-hydrogen) atoms. The molecule has 0 amide bonds. The average molecular weight is 310 g/mol. The fourth-order valence-corrected chi connectivity index (χ4v) is 3.03. The summed E-state index contributed by atoms with van der Waals surface area (Å²) < 4.78 is 5.70. The molecule has 2 N–H and O–H groups in total. The molecular formula is C18H18N2OS. The molecule has 0 bridgehead atoms. The minimum atomic E-state index is 0.647. The summed E-state index contributed by atoms with van der Waals surface area (Å²) in [4.78, 5) is 4.68. The first-order valence-electron chi connectivity index (χ1n) is 7.30. The third-order valence-electron chi connectivity index (χ3n) is 3.33. The van der Waals surface area contributed by atoms with Gasteiger partial charge in [-0.2, -0.15) is 0 Å². The predicted molar refractivity (Wildman–Crippen MR) is 92.2 cm³/mol. The molecule has 0 aliphatic heterocycles. The van der Waals surface area contributed by atoms with Crippen molar-refractivity contribution in [1.82, 2.24) is 4.98 Å². The van der Waals surface area contributed by atoms with Gasteiger partial charge in [-0.05, 0) is 18.6 Å². The zero-order valence-electron chi connectivity index (χ0n) is 12.2. The molecule has 0 spiro atoms. The van der Waals surface area contributed by atoms with Gasteiger partial charge in [0.05, 0.1) is 23.0 Å². The Labute approximate surface area is 134 Å². The third-order valence-corrected chi connectivity index (χ3v) is 4.24. The van der Waals surface area contributed by atoms with Crippen LogP contribution in [0.15, 0.2) is 60.0 Å². The fourth-order valence-electron chi connectivity index (χ4n) is 2.18. The first-order chi connectivity index (χ1) is 10.8. The Morgan fingerprint density at radius 1 is 1.00 bits per heavy atom. The zero-order chi connectivity index (χ0) is 15.2. The summed E-state index contributed by atoms with van der Waals surface area (Å²) >= 11 is 1.70. The Morgan fingerprint density at radius 2 is 1.77 bits per heavy atom. The lowest BCUT2D eigenvalue weighted by atomic mass is 10.2. The van der Waals surface area contributed by atoms with Crippen molar-refractivity contribution in [2.75, 3.05) is 12.3 Å². The van der Waals surface area contributed by atoms with Gasteiger partial charge in [-0.1, -0.05) is 42.5 Å². The van der Waals surface area contributed by atoms with Crippen molar-refractivity contribution in [3.8, 4) is 17.0 Å². The normalized spacial score (nSPS) is 10.5. The molecule has 0 saturated carbocycles. The first kappa shape index (κ1) is 14.6. The van der Waals surface area contributed by atoms with E-state index in [2.05, 4.69) is 22.5 Å². The summed E-state index contributed by atoms with van der Waals surface area (Å²) in [6.45, 7) is 0.647. The molecule has 0 atom stereocenters. The van der Waals surface area contributed by atoms with Gasteiger partial charge in [0.25, 0.3) is 0 Å². The van der Waals surface area contributed by atoms with Gasteiger partial charge in [-0.15, -0.1) is 11.3 Å². The number of benzene rings is 2. The molecule has 112 valence electrons. The third kappa shape index (κ3) is 3.65. The van der Waals surface area contributed by atoms with E-state index in [1.165, 1.54) is 5.56 Å². The molecule has 3 nitrogen and oxygen atoms in total. The van der Waals surface area contributed by atoms with Crippen molar-refractivity contribution in [2.45, 2.75) is 12.8 Å². The number of ether oxygens (including phenoxy) is 1. The lowest BCUT2D eigenvalue weighted by molar-refractivity contribution is 0.312. The first-order valence-corrected chi connectivity index (χ1v) is 8.18. The van der Waals surface area contributed by atoms with Crippen LogP contribution in [-0.2, 0) is 6.42 Å². The molecule has 0 unspecified atom stereocenters. The summed E-state index contributed by atoms with van der Waals surface area (Å²) in [5.41, 5.74) is 8.74. The Bertz CT molecular complexity index is 725. The number of nitrogens with two attached hydrogens (primary N) is 1. The highest BCUT2D eigenvalue weighted by Crippen LogP contribution is 2.23. The van der Waals surface area contributed by atoms with Crippen LogP contribution in [0, 0.1) is 0 Å². The van der Waals surface area contributed by atoms with E-state index >= 15 is 0 Å². The molecule has 0 aliphatic carbocycles. The van der Waals surface area contributed by atoms with E-state index in [0.29, 0.717) is 12.3 Å². The highest BCUT2D eigenvalue weighted by molar-refractivity contribution is 7.09. The van der Waals surface area contributed by atoms with E-state index < -0.39 is 0 Å². The standard InChI is InChI=1S/C18H18N2OS/c19-15-9-4-5-10-17(15)21-12-6-11-18-20-16(13-22-18)14-7-2-1-3-8-14/h1-5,7-10,13H,6,11-12,19H2.